The molecule has 0 spiro atoms. The second-order valence-electron chi connectivity index (χ2n) is 6.48. The molecule has 0 aliphatic carbocycles. The number of nitrogens with one attached hydrogen (secondary N) is 1. The second kappa shape index (κ2) is 12.4. The Morgan fingerprint density at radius 2 is 1.27 bits per heavy atom. The number of aromatic carboxylic acids is 1. The summed E-state index contributed by atoms with van der Waals surface area (Å²) in [5.74, 6) is -2.72. The number of carbonyl (C=O) groups is 3. The highest BCUT2D eigenvalue weighted by Gasteiger charge is 2.16. The van der Waals surface area contributed by atoms with Crippen molar-refractivity contribution < 1.29 is 29.3 Å². The van der Waals surface area contributed by atoms with Crippen LogP contribution in [0, 0.1) is 20.2 Å². The Morgan fingerprint density at radius 1 is 0.811 bits per heavy atom. The molecular formula is C18H18N10O9. The number of carboxylic acids is 1. The lowest BCUT2D eigenvalue weighted by Crippen LogP contribution is -2.13. The predicted octanol–water partition coefficient (Wildman–Crippen LogP) is -1.00. The molecule has 2 amide bonds. The van der Waals surface area contributed by atoms with E-state index >= 15 is 0 Å². The van der Waals surface area contributed by atoms with E-state index in [1.807, 2.05) is 4.98 Å². The second-order valence-corrected chi connectivity index (χ2v) is 6.48. The van der Waals surface area contributed by atoms with Gasteiger partial charge < -0.3 is 38.8 Å². The van der Waals surface area contributed by atoms with E-state index in [4.69, 9.17) is 33.8 Å². The summed E-state index contributed by atoms with van der Waals surface area (Å²) >= 11 is 0. The summed E-state index contributed by atoms with van der Waals surface area (Å²) in [6.07, 6.45) is 3.27. The van der Waals surface area contributed by atoms with Crippen molar-refractivity contribution in [1.29, 1.82) is 0 Å². The minimum absolute atomic E-state index is 0.0408. The average Bonchev–Trinajstić information content (AvgIpc) is 2.81. The molecule has 0 atom stereocenters. The standard InChI is InChI=1S/C6H6N4O3.C6H8N4O.C6H4N2O5/c7-5-4(10(12)13)1-3(2-9-5)6(8)11;7-4-1-3(6(9)11)2-10-5(4)8;9-5-4(8(12)13)1-3(2-7-5)6(10)11/h1-2H,(H2,7,9)(H2,8,11);1-2H,7H2,(H2,8,10)(H2,9,11);1-2H,(H,7,9)(H,10,11). The summed E-state index contributed by atoms with van der Waals surface area (Å²) in [5.41, 5.74) is 23.7. The van der Waals surface area contributed by atoms with Gasteiger partial charge in [-0.3, -0.25) is 34.6 Å². The maximum Gasteiger partial charge on any atom is 0.337 e. The van der Waals surface area contributed by atoms with Crippen LogP contribution in [0.15, 0.2) is 41.6 Å². The third-order valence-corrected chi connectivity index (χ3v) is 3.94. The molecule has 3 rings (SSSR count). The summed E-state index contributed by atoms with van der Waals surface area (Å²) in [6.45, 7) is 0. The monoisotopic (exact) mass is 518 g/mol. The Bertz CT molecular complexity index is 1440. The van der Waals surface area contributed by atoms with Gasteiger partial charge in [-0.2, -0.15) is 0 Å². The topological polar surface area (TPSA) is 346 Å². The molecule has 12 N–H and O–H groups in total. The number of hydrogen-bond donors (Lipinski definition) is 7. The maximum absolute atomic E-state index is 10.7. The van der Waals surface area contributed by atoms with Crippen molar-refractivity contribution >= 4 is 46.5 Å². The molecular weight excluding hydrogens is 500 g/mol. The number of anilines is 3. The number of nitrogens with zero attached hydrogens (tertiary/aromatic N) is 4. The third-order valence-electron chi connectivity index (χ3n) is 3.94. The molecule has 0 saturated carbocycles. The van der Waals surface area contributed by atoms with E-state index in [0.717, 1.165) is 18.5 Å². The van der Waals surface area contributed by atoms with E-state index in [9.17, 15) is 39.4 Å². The van der Waals surface area contributed by atoms with Gasteiger partial charge in [-0.1, -0.05) is 0 Å². The fourth-order valence-corrected chi connectivity index (χ4v) is 2.10. The molecule has 19 heteroatoms. The van der Waals surface area contributed by atoms with E-state index in [-0.39, 0.29) is 34.0 Å². The van der Waals surface area contributed by atoms with Gasteiger partial charge in [0.2, 0.25) is 11.7 Å². The first-order valence-corrected chi connectivity index (χ1v) is 9.26. The fraction of sp³-hybridized carbons (Fsp3) is 0. The van der Waals surface area contributed by atoms with Crippen molar-refractivity contribution in [3.8, 4) is 0 Å². The minimum Gasteiger partial charge on any atom is -0.478 e. The van der Waals surface area contributed by atoms with Crippen LogP contribution in [0.1, 0.15) is 31.1 Å². The maximum atomic E-state index is 10.7. The lowest BCUT2D eigenvalue weighted by Gasteiger charge is -1.99. The van der Waals surface area contributed by atoms with Gasteiger partial charge in [0.1, 0.15) is 5.82 Å². The number of nitrogens with two attached hydrogens (primary N) is 5. The smallest absolute Gasteiger partial charge is 0.337 e. The Morgan fingerprint density at radius 3 is 1.70 bits per heavy atom. The number of carboxylic acid groups (broad SMARTS) is 1. The summed E-state index contributed by atoms with van der Waals surface area (Å²) in [6, 6.07) is 3.09. The zero-order chi connectivity index (χ0) is 28.4. The zero-order valence-corrected chi connectivity index (χ0v) is 18.4. The molecule has 194 valence electrons. The number of hydrogen-bond acceptors (Lipinski definition) is 13. The number of H-pyrrole nitrogens is 1. The van der Waals surface area contributed by atoms with Crippen LogP contribution in [-0.4, -0.2) is 47.7 Å². The number of carbonyl (C=O) groups excluding carboxylic acids is 2. The Balaban J connectivity index is 0.000000279. The minimum atomic E-state index is -1.33. The van der Waals surface area contributed by atoms with Crippen molar-refractivity contribution in [1.82, 2.24) is 15.0 Å². The number of aromatic nitrogens is 3. The number of nitro groups is 2. The first-order valence-electron chi connectivity index (χ1n) is 9.26. The van der Waals surface area contributed by atoms with E-state index in [0.29, 0.717) is 6.07 Å². The van der Waals surface area contributed by atoms with E-state index in [2.05, 4.69) is 9.97 Å². The normalized spacial score (nSPS) is 9.51. The van der Waals surface area contributed by atoms with Gasteiger partial charge >= 0.3 is 22.9 Å². The molecule has 3 aromatic rings. The predicted molar refractivity (Wildman–Crippen MR) is 126 cm³/mol. The number of pyridine rings is 3. The molecule has 3 heterocycles. The zero-order valence-electron chi connectivity index (χ0n) is 18.4. The van der Waals surface area contributed by atoms with Crippen molar-refractivity contribution in [2.45, 2.75) is 0 Å². The number of rotatable bonds is 5. The van der Waals surface area contributed by atoms with Crippen LogP contribution in [0.3, 0.4) is 0 Å². The van der Waals surface area contributed by atoms with Gasteiger partial charge in [0.15, 0.2) is 0 Å². The highest BCUT2D eigenvalue weighted by Crippen LogP contribution is 2.18. The average molecular weight is 518 g/mol. The molecule has 0 bridgehead atoms. The van der Waals surface area contributed by atoms with Gasteiger partial charge in [-0.05, 0) is 6.07 Å². The summed E-state index contributed by atoms with van der Waals surface area (Å²) < 4.78 is 0. The molecule has 37 heavy (non-hydrogen) atoms. The number of nitrogen functional groups attached to an aromatic ring is 3. The van der Waals surface area contributed by atoms with Gasteiger partial charge in [0.25, 0.3) is 5.91 Å². The van der Waals surface area contributed by atoms with Crippen LogP contribution in [0.25, 0.3) is 0 Å². The van der Waals surface area contributed by atoms with Crippen LogP contribution >= 0.6 is 0 Å². The SMILES string of the molecule is NC(=O)c1cnc(N)c(N)c1.NC(=O)c1cnc(N)c([N+](=O)[O-])c1.O=C(O)c1c[nH]c(=O)c([N+](=O)[O-])c1. The van der Waals surface area contributed by atoms with E-state index in [1.165, 1.54) is 12.3 Å². The van der Waals surface area contributed by atoms with Gasteiger partial charge in [-0.25, -0.2) is 14.8 Å². The first kappa shape index (κ1) is 28.9. The fourth-order valence-electron chi connectivity index (χ4n) is 2.10. The number of aromatic amines is 1. The summed E-state index contributed by atoms with van der Waals surface area (Å²) in [7, 11) is 0. The molecule has 0 aliphatic rings. The van der Waals surface area contributed by atoms with E-state index < -0.39 is 44.6 Å². The Kier molecular flexibility index (Phi) is 9.65. The highest BCUT2D eigenvalue weighted by molar-refractivity contribution is 5.94. The Labute approximate surface area is 204 Å². The van der Waals surface area contributed by atoms with Crippen LogP contribution in [-0.2, 0) is 0 Å². The van der Waals surface area contributed by atoms with Crippen LogP contribution < -0.4 is 34.2 Å². The largest absolute Gasteiger partial charge is 0.478 e. The quantitative estimate of drug-likeness (QED) is 0.157. The molecule has 3 aromatic heterocycles. The Hall–Kier alpha value is -6.14. The highest BCUT2D eigenvalue weighted by atomic mass is 16.6. The lowest BCUT2D eigenvalue weighted by molar-refractivity contribution is -0.386. The van der Waals surface area contributed by atoms with E-state index in [1.54, 1.807) is 0 Å². The molecule has 0 aromatic carbocycles. The molecule has 19 nitrogen and oxygen atoms in total. The number of amides is 2. The third kappa shape index (κ3) is 8.29. The lowest BCUT2D eigenvalue weighted by atomic mass is 10.2. The van der Waals surface area contributed by atoms with Crippen LogP contribution in [0.4, 0.5) is 28.7 Å². The van der Waals surface area contributed by atoms with Crippen molar-refractivity contribution in [3.05, 3.63) is 84.1 Å². The number of primary amides is 2. The van der Waals surface area contributed by atoms with Gasteiger partial charge in [-0.15, -0.1) is 0 Å². The summed E-state index contributed by atoms with van der Waals surface area (Å²) in [4.78, 5) is 70.2. The van der Waals surface area contributed by atoms with Crippen LogP contribution in [0.2, 0.25) is 0 Å². The molecule has 0 unspecified atom stereocenters. The molecule has 0 saturated heterocycles. The van der Waals surface area contributed by atoms with Gasteiger partial charge in [0, 0.05) is 30.7 Å². The molecule has 0 fully saturated rings. The summed E-state index contributed by atoms with van der Waals surface area (Å²) in [5, 5.41) is 29.0. The van der Waals surface area contributed by atoms with Crippen molar-refractivity contribution in [2.75, 3.05) is 17.2 Å². The van der Waals surface area contributed by atoms with Crippen molar-refractivity contribution in [3.63, 3.8) is 0 Å². The molecule has 0 radical (unpaired) electrons. The van der Waals surface area contributed by atoms with Gasteiger partial charge in [0.05, 0.1) is 32.2 Å². The van der Waals surface area contributed by atoms with Crippen LogP contribution in [0.5, 0.6) is 0 Å². The molecule has 0 aliphatic heterocycles. The van der Waals surface area contributed by atoms with Crippen molar-refractivity contribution in [2.24, 2.45) is 11.5 Å². The first-order chi connectivity index (χ1) is 17.1.